The van der Waals surface area contributed by atoms with Gasteiger partial charge in [-0.2, -0.15) is 0 Å². The summed E-state index contributed by atoms with van der Waals surface area (Å²) in [6.45, 7) is 7.57. The number of aromatic hydroxyl groups is 1. The molecule has 2 aliphatic rings. The number of fused-ring (bicyclic) bond motifs is 1. The van der Waals surface area contributed by atoms with E-state index in [0.29, 0.717) is 49.3 Å². The van der Waals surface area contributed by atoms with Crippen molar-refractivity contribution < 1.29 is 14.6 Å². The summed E-state index contributed by atoms with van der Waals surface area (Å²) in [5.41, 5.74) is -0.269. The number of carbonyl (C=O) groups excluding carboxylic acids is 1. The molecule has 8 heteroatoms. The van der Waals surface area contributed by atoms with Crippen molar-refractivity contribution in [2.24, 2.45) is 5.92 Å². The molecule has 1 amide bonds. The number of aromatic nitrogens is 2. The van der Waals surface area contributed by atoms with Gasteiger partial charge in [-0.1, -0.05) is 13.8 Å². The molecule has 32 heavy (non-hydrogen) atoms. The van der Waals surface area contributed by atoms with E-state index < -0.39 is 11.5 Å². The lowest BCUT2D eigenvalue weighted by atomic mass is 9.87. The minimum absolute atomic E-state index is 0.0363. The summed E-state index contributed by atoms with van der Waals surface area (Å²) in [5, 5.41) is 14.3. The lowest BCUT2D eigenvalue weighted by Gasteiger charge is -2.35. The summed E-state index contributed by atoms with van der Waals surface area (Å²) in [5.74, 6) is -0.120. The second-order valence-electron chi connectivity index (χ2n) is 9.16. The van der Waals surface area contributed by atoms with Crippen LogP contribution in [0.15, 0.2) is 23.1 Å². The molecule has 1 aliphatic heterocycles. The van der Waals surface area contributed by atoms with Crippen LogP contribution < -0.4 is 10.9 Å². The average molecular weight is 443 g/mol. The molecule has 2 aromatic rings. The number of nitrogens with one attached hydrogen (secondary N) is 1. The van der Waals surface area contributed by atoms with Crippen molar-refractivity contribution in [3.63, 3.8) is 0 Å². The minimum Gasteiger partial charge on any atom is -0.506 e. The molecule has 174 valence electrons. The molecule has 0 spiro atoms. The van der Waals surface area contributed by atoms with Crippen LogP contribution in [0.3, 0.4) is 0 Å². The second kappa shape index (κ2) is 10.0. The van der Waals surface area contributed by atoms with Crippen molar-refractivity contribution >= 4 is 16.9 Å². The third-order valence-corrected chi connectivity index (χ3v) is 7.00. The number of hydrogen-bond acceptors (Lipinski definition) is 6. The van der Waals surface area contributed by atoms with Crippen LogP contribution in [0.4, 0.5) is 0 Å². The summed E-state index contributed by atoms with van der Waals surface area (Å²) in [6, 6.07) is 3.76. The van der Waals surface area contributed by atoms with Crippen molar-refractivity contribution in [1.29, 1.82) is 0 Å². The summed E-state index contributed by atoms with van der Waals surface area (Å²) < 4.78 is 7.12. The van der Waals surface area contributed by atoms with Crippen LogP contribution >= 0.6 is 0 Å². The molecule has 2 aromatic heterocycles. The van der Waals surface area contributed by atoms with Gasteiger partial charge in [-0.15, -0.1) is 0 Å². The molecule has 0 unspecified atom stereocenters. The number of nitrogens with zero attached hydrogens (tertiary/aromatic N) is 3. The van der Waals surface area contributed by atoms with Gasteiger partial charge in [0.1, 0.15) is 17.0 Å². The molecular formula is C24H34N4O4. The smallest absolute Gasteiger partial charge is 0.268 e. The monoisotopic (exact) mass is 442 g/mol. The first-order valence-corrected chi connectivity index (χ1v) is 11.8. The molecule has 0 bridgehead atoms. The number of morpholine rings is 1. The molecule has 3 heterocycles. The highest BCUT2D eigenvalue weighted by atomic mass is 16.5. The van der Waals surface area contributed by atoms with E-state index >= 15 is 0 Å². The Hall–Kier alpha value is -2.45. The van der Waals surface area contributed by atoms with Crippen molar-refractivity contribution in [2.45, 2.75) is 64.6 Å². The maximum Gasteiger partial charge on any atom is 0.268 e. The van der Waals surface area contributed by atoms with E-state index in [0.717, 1.165) is 38.6 Å². The van der Waals surface area contributed by atoms with Gasteiger partial charge < -0.3 is 15.2 Å². The predicted molar refractivity (Wildman–Crippen MR) is 123 cm³/mol. The van der Waals surface area contributed by atoms with Crippen LogP contribution in [-0.4, -0.2) is 63.9 Å². The fourth-order valence-electron chi connectivity index (χ4n) is 4.93. The highest BCUT2D eigenvalue weighted by Crippen LogP contribution is 2.27. The van der Waals surface area contributed by atoms with Gasteiger partial charge in [0.15, 0.2) is 0 Å². The Labute approximate surface area is 188 Å². The first-order valence-electron chi connectivity index (χ1n) is 11.8. The Morgan fingerprint density at radius 2 is 2.06 bits per heavy atom. The summed E-state index contributed by atoms with van der Waals surface area (Å²) >= 11 is 0. The molecule has 4 rings (SSSR count). The van der Waals surface area contributed by atoms with Crippen LogP contribution in [0.1, 0.15) is 56.3 Å². The molecule has 1 aliphatic carbocycles. The number of hydrogen-bond donors (Lipinski definition) is 2. The molecule has 0 aromatic carbocycles. The first-order chi connectivity index (χ1) is 15.5. The molecule has 2 fully saturated rings. The molecule has 1 saturated carbocycles. The van der Waals surface area contributed by atoms with Crippen LogP contribution in [0.25, 0.3) is 11.0 Å². The Balaban J connectivity index is 1.63. The lowest BCUT2D eigenvalue weighted by molar-refractivity contribution is -0.00988. The molecule has 0 radical (unpaired) electrons. The van der Waals surface area contributed by atoms with Crippen molar-refractivity contribution in [1.82, 2.24) is 19.8 Å². The van der Waals surface area contributed by atoms with Crippen molar-refractivity contribution in [3.05, 3.63) is 34.2 Å². The highest BCUT2D eigenvalue weighted by Gasteiger charge is 2.27. The molecule has 2 N–H and O–H groups in total. The number of pyridine rings is 2. The fraction of sp³-hybridized carbons (Fsp3) is 0.625. The van der Waals surface area contributed by atoms with E-state index in [1.165, 1.54) is 4.57 Å². The van der Waals surface area contributed by atoms with E-state index in [1.807, 2.05) is 0 Å². The quantitative estimate of drug-likeness (QED) is 0.714. The normalized spacial score (nSPS) is 24.5. The third-order valence-electron chi connectivity index (χ3n) is 7.00. The first kappa shape index (κ1) is 22.7. The Bertz CT molecular complexity index is 1010. The van der Waals surface area contributed by atoms with Crippen LogP contribution in [0, 0.1) is 5.92 Å². The van der Waals surface area contributed by atoms with Gasteiger partial charge in [0, 0.05) is 37.9 Å². The number of rotatable bonds is 6. The number of ether oxygens (including phenoxy) is 1. The molecular weight excluding hydrogens is 408 g/mol. The van der Waals surface area contributed by atoms with Gasteiger partial charge in [0.2, 0.25) is 0 Å². The second-order valence-corrected chi connectivity index (χ2v) is 9.16. The number of amides is 1. The van der Waals surface area contributed by atoms with Gasteiger partial charge >= 0.3 is 0 Å². The van der Waals surface area contributed by atoms with Crippen molar-refractivity contribution in [2.75, 3.05) is 26.3 Å². The Morgan fingerprint density at radius 3 is 2.81 bits per heavy atom. The molecule has 1 saturated heterocycles. The third kappa shape index (κ3) is 4.66. The van der Waals surface area contributed by atoms with E-state index in [1.54, 1.807) is 18.3 Å². The van der Waals surface area contributed by atoms with Crippen LogP contribution in [-0.2, 0) is 11.3 Å². The summed E-state index contributed by atoms with van der Waals surface area (Å²) in [7, 11) is 0. The van der Waals surface area contributed by atoms with Crippen molar-refractivity contribution in [3.8, 4) is 5.75 Å². The Morgan fingerprint density at radius 1 is 1.28 bits per heavy atom. The van der Waals surface area contributed by atoms with Gasteiger partial charge in [0.25, 0.3) is 11.5 Å². The fourth-order valence-corrected chi connectivity index (χ4v) is 4.93. The highest BCUT2D eigenvalue weighted by molar-refractivity contribution is 6.01. The van der Waals surface area contributed by atoms with E-state index in [2.05, 4.69) is 29.0 Å². The number of carbonyl (C=O) groups is 1. The maximum atomic E-state index is 13.4. The van der Waals surface area contributed by atoms with Crippen LogP contribution in [0.2, 0.25) is 0 Å². The Kier molecular flexibility index (Phi) is 7.10. The van der Waals surface area contributed by atoms with E-state index in [9.17, 15) is 14.7 Å². The zero-order chi connectivity index (χ0) is 22.7. The van der Waals surface area contributed by atoms with Gasteiger partial charge in [-0.25, -0.2) is 4.98 Å². The zero-order valence-corrected chi connectivity index (χ0v) is 19.0. The largest absolute Gasteiger partial charge is 0.506 e. The van der Waals surface area contributed by atoms with Gasteiger partial charge in [-0.05, 0) is 50.2 Å². The summed E-state index contributed by atoms with van der Waals surface area (Å²) in [6.07, 6.45) is 6.47. The zero-order valence-electron chi connectivity index (χ0n) is 19.0. The lowest BCUT2D eigenvalue weighted by Crippen LogP contribution is -2.47. The SMILES string of the molecule is CC[C@H]1COCCN1CCn1c(=O)c(C(=O)NC2CCC(C)CC2)c(O)c2cccnc21. The van der Waals surface area contributed by atoms with E-state index in [-0.39, 0.29) is 17.4 Å². The van der Waals surface area contributed by atoms with E-state index in [4.69, 9.17) is 4.74 Å². The maximum absolute atomic E-state index is 13.4. The average Bonchev–Trinajstić information content (AvgIpc) is 2.81. The standard InChI is InChI=1S/C24H34N4O4/c1-3-18-15-32-14-13-27(18)11-12-28-22-19(5-4-10-25-22)21(29)20(24(28)31)23(30)26-17-8-6-16(2)7-9-17/h4-5,10,16-18,29H,3,6-9,11-15H2,1-2H3,(H,26,30)/t16?,17?,18-/m0/s1. The van der Waals surface area contributed by atoms with Gasteiger partial charge in [0.05, 0.1) is 18.6 Å². The van der Waals surface area contributed by atoms with Gasteiger partial charge in [-0.3, -0.25) is 19.1 Å². The topological polar surface area (TPSA) is 96.7 Å². The summed E-state index contributed by atoms with van der Waals surface area (Å²) in [4.78, 5) is 33.2. The predicted octanol–water partition coefficient (Wildman–Crippen LogP) is 2.52. The minimum atomic E-state index is -0.496. The molecule has 1 atom stereocenters. The molecule has 8 nitrogen and oxygen atoms in total. The van der Waals surface area contributed by atoms with Crippen LogP contribution in [0.5, 0.6) is 5.75 Å².